The largest absolute Gasteiger partial charge is 0.355 e. The predicted octanol–water partition coefficient (Wildman–Crippen LogP) is 3.42. The molecule has 0 unspecified atom stereocenters. The molecule has 2 rings (SSSR count). The number of rotatable bonds is 6. The molecule has 0 heterocycles. The van der Waals surface area contributed by atoms with E-state index in [0.717, 1.165) is 19.4 Å². The van der Waals surface area contributed by atoms with Crippen LogP contribution in [0.15, 0.2) is 18.2 Å². The molecule has 5 nitrogen and oxygen atoms in total. The Morgan fingerprint density at radius 1 is 1.08 bits per heavy atom. The SMILES string of the molecule is CN(C)CCNC(=O)C1CCC(C(=O)Nc2cc(Cl)ccc2Cl)CC1. The van der Waals surface area contributed by atoms with Crippen molar-refractivity contribution in [1.82, 2.24) is 10.2 Å². The number of carbonyl (C=O) groups excluding carboxylic acids is 2. The standard InChI is InChI=1S/C18H25Cl2N3O2/c1-23(2)10-9-21-17(24)12-3-5-13(6-4-12)18(25)22-16-11-14(19)7-8-15(16)20/h7-8,11-13H,3-6,9-10H2,1-2H3,(H,21,24)(H,22,25). The zero-order valence-electron chi connectivity index (χ0n) is 14.6. The van der Waals surface area contributed by atoms with Crippen molar-refractivity contribution < 1.29 is 9.59 Å². The first kappa shape index (κ1) is 20.0. The number of halogens is 2. The molecule has 1 fully saturated rings. The summed E-state index contributed by atoms with van der Waals surface area (Å²) in [5.74, 6) is -0.0592. The second kappa shape index (κ2) is 9.41. The lowest BCUT2D eigenvalue weighted by Gasteiger charge is -2.27. The van der Waals surface area contributed by atoms with E-state index >= 15 is 0 Å². The van der Waals surface area contributed by atoms with Crippen molar-refractivity contribution in [3.8, 4) is 0 Å². The van der Waals surface area contributed by atoms with E-state index in [1.54, 1.807) is 18.2 Å². The molecule has 1 aliphatic carbocycles. The van der Waals surface area contributed by atoms with Crippen LogP contribution in [0.5, 0.6) is 0 Å². The number of likely N-dealkylation sites (N-methyl/N-ethyl adjacent to an activating group) is 1. The summed E-state index contributed by atoms with van der Waals surface area (Å²) in [7, 11) is 3.95. The highest BCUT2D eigenvalue weighted by Gasteiger charge is 2.30. The van der Waals surface area contributed by atoms with Crippen LogP contribution in [0.2, 0.25) is 10.0 Å². The summed E-state index contributed by atoms with van der Waals surface area (Å²) in [6.07, 6.45) is 2.87. The lowest BCUT2D eigenvalue weighted by atomic mass is 9.81. The highest BCUT2D eigenvalue weighted by Crippen LogP contribution is 2.31. The van der Waals surface area contributed by atoms with Gasteiger partial charge in [-0.25, -0.2) is 0 Å². The van der Waals surface area contributed by atoms with Gasteiger partial charge in [-0.15, -0.1) is 0 Å². The molecule has 7 heteroatoms. The zero-order valence-corrected chi connectivity index (χ0v) is 16.2. The average molecular weight is 386 g/mol. The Morgan fingerprint density at radius 2 is 1.68 bits per heavy atom. The molecule has 0 radical (unpaired) electrons. The fraction of sp³-hybridized carbons (Fsp3) is 0.556. The summed E-state index contributed by atoms with van der Waals surface area (Å²) in [5, 5.41) is 6.81. The Labute approximate surface area is 159 Å². The fourth-order valence-corrected chi connectivity index (χ4v) is 3.33. The van der Waals surface area contributed by atoms with Gasteiger partial charge in [-0.3, -0.25) is 9.59 Å². The van der Waals surface area contributed by atoms with Crippen molar-refractivity contribution in [2.75, 3.05) is 32.5 Å². The molecule has 1 aromatic rings. The van der Waals surface area contributed by atoms with E-state index in [-0.39, 0.29) is 23.7 Å². The van der Waals surface area contributed by atoms with Crippen LogP contribution in [0, 0.1) is 11.8 Å². The lowest BCUT2D eigenvalue weighted by Crippen LogP contribution is -2.38. The average Bonchev–Trinajstić information content (AvgIpc) is 2.58. The predicted molar refractivity (Wildman–Crippen MR) is 102 cm³/mol. The van der Waals surface area contributed by atoms with E-state index < -0.39 is 0 Å². The molecule has 2 N–H and O–H groups in total. The third-order valence-electron chi connectivity index (χ3n) is 4.51. The summed E-state index contributed by atoms with van der Waals surface area (Å²) in [6, 6.07) is 4.99. The van der Waals surface area contributed by atoms with Crippen LogP contribution < -0.4 is 10.6 Å². The maximum atomic E-state index is 12.4. The molecule has 1 saturated carbocycles. The van der Waals surface area contributed by atoms with Crippen LogP contribution in [-0.2, 0) is 9.59 Å². The van der Waals surface area contributed by atoms with Gasteiger partial charge in [0.15, 0.2) is 0 Å². The van der Waals surface area contributed by atoms with Crippen LogP contribution >= 0.6 is 23.2 Å². The summed E-state index contributed by atoms with van der Waals surface area (Å²) in [4.78, 5) is 26.6. The molecule has 0 bridgehead atoms. The van der Waals surface area contributed by atoms with Gasteiger partial charge >= 0.3 is 0 Å². The van der Waals surface area contributed by atoms with E-state index in [0.29, 0.717) is 35.1 Å². The second-order valence-electron chi connectivity index (χ2n) is 6.76. The Hall–Kier alpha value is -1.30. The molecule has 0 atom stereocenters. The number of benzene rings is 1. The Kier molecular flexibility index (Phi) is 7.54. The van der Waals surface area contributed by atoms with Gasteiger partial charge < -0.3 is 15.5 Å². The van der Waals surface area contributed by atoms with Gasteiger partial charge in [0.2, 0.25) is 11.8 Å². The molecule has 0 saturated heterocycles. The van der Waals surface area contributed by atoms with Crippen molar-refractivity contribution in [3.05, 3.63) is 28.2 Å². The van der Waals surface area contributed by atoms with Crippen LogP contribution in [-0.4, -0.2) is 43.9 Å². The number of hydrogen-bond acceptors (Lipinski definition) is 3. The topological polar surface area (TPSA) is 61.4 Å². The van der Waals surface area contributed by atoms with Crippen molar-refractivity contribution in [1.29, 1.82) is 0 Å². The molecule has 2 amide bonds. The molecule has 0 aromatic heterocycles. The lowest BCUT2D eigenvalue weighted by molar-refractivity contribution is -0.128. The number of carbonyl (C=O) groups is 2. The number of anilines is 1. The van der Waals surface area contributed by atoms with Crippen LogP contribution in [0.1, 0.15) is 25.7 Å². The Bertz CT molecular complexity index is 614. The smallest absolute Gasteiger partial charge is 0.227 e. The van der Waals surface area contributed by atoms with Gasteiger partial charge in [0.05, 0.1) is 10.7 Å². The fourth-order valence-electron chi connectivity index (χ4n) is 2.99. The molecule has 0 aliphatic heterocycles. The van der Waals surface area contributed by atoms with Gasteiger partial charge in [0, 0.05) is 29.9 Å². The first-order valence-corrected chi connectivity index (χ1v) is 9.30. The minimum atomic E-state index is -0.0964. The third kappa shape index (κ3) is 6.17. The number of nitrogens with zero attached hydrogens (tertiary/aromatic N) is 1. The van der Waals surface area contributed by atoms with Gasteiger partial charge in [-0.1, -0.05) is 23.2 Å². The molecule has 1 aliphatic rings. The van der Waals surface area contributed by atoms with Gasteiger partial charge in [0.1, 0.15) is 0 Å². The van der Waals surface area contributed by atoms with Crippen molar-refractivity contribution >= 4 is 40.7 Å². The molecule has 25 heavy (non-hydrogen) atoms. The Morgan fingerprint density at radius 3 is 2.28 bits per heavy atom. The van der Waals surface area contributed by atoms with Gasteiger partial charge in [0.25, 0.3) is 0 Å². The van der Waals surface area contributed by atoms with E-state index in [9.17, 15) is 9.59 Å². The van der Waals surface area contributed by atoms with E-state index in [1.165, 1.54) is 0 Å². The van der Waals surface area contributed by atoms with Crippen LogP contribution in [0.3, 0.4) is 0 Å². The van der Waals surface area contributed by atoms with Crippen molar-refractivity contribution in [2.45, 2.75) is 25.7 Å². The van der Waals surface area contributed by atoms with E-state index in [1.807, 2.05) is 19.0 Å². The first-order valence-electron chi connectivity index (χ1n) is 8.55. The molecule has 0 spiro atoms. The van der Waals surface area contributed by atoms with E-state index in [2.05, 4.69) is 10.6 Å². The molecular weight excluding hydrogens is 361 g/mol. The van der Waals surface area contributed by atoms with Gasteiger partial charge in [-0.05, 0) is 58.0 Å². The quantitative estimate of drug-likeness (QED) is 0.788. The molecular formula is C18H25Cl2N3O2. The third-order valence-corrected chi connectivity index (χ3v) is 5.08. The second-order valence-corrected chi connectivity index (χ2v) is 7.60. The Balaban J connectivity index is 1.80. The summed E-state index contributed by atoms with van der Waals surface area (Å²) < 4.78 is 0. The molecule has 138 valence electrons. The monoisotopic (exact) mass is 385 g/mol. The zero-order chi connectivity index (χ0) is 18.4. The maximum absolute atomic E-state index is 12.4. The minimum absolute atomic E-state index is 0.000898. The van der Waals surface area contributed by atoms with Crippen molar-refractivity contribution in [2.24, 2.45) is 11.8 Å². The highest BCUT2D eigenvalue weighted by atomic mass is 35.5. The van der Waals surface area contributed by atoms with Gasteiger partial charge in [-0.2, -0.15) is 0 Å². The summed E-state index contributed by atoms with van der Waals surface area (Å²) in [5.41, 5.74) is 0.530. The number of amides is 2. The molecule has 1 aromatic carbocycles. The summed E-state index contributed by atoms with van der Waals surface area (Å²) in [6.45, 7) is 1.48. The maximum Gasteiger partial charge on any atom is 0.227 e. The normalized spacial score (nSPS) is 20.4. The number of nitrogens with one attached hydrogen (secondary N) is 2. The number of hydrogen-bond donors (Lipinski definition) is 2. The first-order chi connectivity index (χ1) is 11.9. The van der Waals surface area contributed by atoms with E-state index in [4.69, 9.17) is 23.2 Å². The van der Waals surface area contributed by atoms with Crippen molar-refractivity contribution in [3.63, 3.8) is 0 Å². The summed E-state index contributed by atoms with van der Waals surface area (Å²) >= 11 is 12.0. The minimum Gasteiger partial charge on any atom is -0.355 e. The van der Waals surface area contributed by atoms with Crippen LogP contribution in [0.25, 0.3) is 0 Å². The van der Waals surface area contributed by atoms with Crippen LogP contribution in [0.4, 0.5) is 5.69 Å². The highest BCUT2D eigenvalue weighted by molar-refractivity contribution is 6.35.